The minimum atomic E-state index is 0.784. The molecule has 0 radical (unpaired) electrons. The Morgan fingerprint density at radius 2 is 2.00 bits per heavy atom. The molecule has 1 heteroatoms. The summed E-state index contributed by atoms with van der Waals surface area (Å²) in [5.41, 5.74) is 1.33. The molecule has 1 nitrogen and oxygen atoms in total. The third kappa shape index (κ3) is 9.70. The van der Waals surface area contributed by atoms with Crippen LogP contribution in [-0.4, -0.2) is 13.2 Å². The van der Waals surface area contributed by atoms with Crippen LogP contribution in [0.4, 0.5) is 0 Å². The van der Waals surface area contributed by atoms with Crippen molar-refractivity contribution in [3.8, 4) is 0 Å². The van der Waals surface area contributed by atoms with E-state index in [9.17, 15) is 0 Å². The minimum Gasteiger partial charge on any atom is -0.377 e. The maximum absolute atomic E-state index is 5.37. The van der Waals surface area contributed by atoms with Crippen LogP contribution in [0.3, 0.4) is 0 Å². The lowest BCUT2D eigenvalue weighted by molar-refractivity contribution is 0.157. The molecular weight excluding hydrogens is 136 g/mol. The molecule has 0 amide bonds. The van der Waals surface area contributed by atoms with E-state index in [2.05, 4.69) is 26.8 Å². The number of rotatable bonds is 6. The zero-order chi connectivity index (χ0) is 8.53. The molecule has 0 atom stereocenters. The first kappa shape index (κ1) is 10.7. The monoisotopic (exact) mass is 156 g/mol. The molecule has 0 aromatic rings. The lowest BCUT2D eigenvalue weighted by Gasteiger charge is -1.99. The van der Waals surface area contributed by atoms with Crippen molar-refractivity contribution >= 4 is 0 Å². The average Bonchev–Trinajstić information content (AvgIpc) is 1.96. The van der Waals surface area contributed by atoms with Crippen LogP contribution in [0.1, 0.15) is 40.0 Å². The first-order valence-corrected chi connectivity index (χ1v) is 4.48. The Bertz CT molecular complexity index is 101. The smallest absolute Gasteiger partial charge is 0.0649 e. The van der Waals surface area contributed by atoms with Gasteiger partial charge in [-0.2, -0.15) is 0 Å². The zero-order valence-electron chi connectivity index (χ0n) is 8.02. The van der Waals surface area contributed by atoms with Gasteiger partial charge in [-0.15, -0.1) is 0 Å². The van der Waals surface area contributed by atoms with Crippen LogP contribution in [-0.2, 0) is 4.74 Å². The Balaban J connectivity index is 2.97. The number of unbranched alkanes of at least 4 members (excludes halogenated alkanes) is 2. The van der Waals surface area contributed by atoms with Crippen molar-refractivity contribution in [1.82, 2.24) is 0 Å². The van der Waals surface area contributed by atoms with Gasteiger partial charge in [-0.25, -0.2) is 0 Å². The van der Waals surface area contributed by atoms with Crippen molar-refractivity contribution in [3.63, 3.8) is 0 Å². The second-order valence-electron chi connectivity index (χ2n) is 3.06. The Labute approximate surface area is 70.4 Å². The first-order valence-electron chi connectivity index (χ1n) is 4.48. The Kier molecular flexibility index (Phi) is 7.59. The maximum Gasteiger partial charge on any atom is 0.0649 e. The van der Waals surface area contributed by atoms with Crippen molar-refractivity contribution in [2.75, 3.05) is 13.2 Å². The molecule has 0 aliphatic rings. The fourth-order valence-corrected chi connectivity index (χ4v) is 0.763. The number of hydrogen-bond donors (Lipinski definition) is 0. The van der Waals surface area contributed by atoms with Gasteiger partial charge in [-0.3, -0.25) is 0 Å². The predicted octanol–water partition coefficient (Wildman–Crippen LogP) is 3.16. The van der Waals surface area contributed by atoms with E-state index in [-0.39, 0.29) is 0 Å². The molecule has 0 saturated carbocycles. The minimum absolute atomic E-state index is 0.784. The lowest BCUT2D eigenvalue weighted by atomic mass is 10.3. The summed E-state index contributed by atoms with van der Waals surface area (Å²) in [5.74, 6) is 0. The summed E-state index contributed by atoms with van der Waals surface area (Å²) in [5, 5.41) is 0. The van der Waals surface area contributed by atoms with E-state index in [1.54, 1.807) is 0 Å². The van der Waals surface area contributed by atoms with E-state index >= 15 is 0 Å². The van der Waals surface area contributed by atoms with Crippen molar-refractivity contribution in [3.05, 3.63) is 11.6 Å². The van der Waals surface area contributed by atoms with Crippen LogP contribution in [0, 0.1) is 0 Å². The van der Waals surface area contributed by atoms with Gasteiger partial charge in [0.05, 0.1) is 6.61 Å². The van der Waals surface area contributed by atoms with Gasteiger partial charge < -0.3 is 4.74 Å². The Morgan fingerprint density at radius 1 is 1.27 bits per heavy atom. The molecule has 66 valence electrons. The number of ether oxygens (including phenoxy) is 1. The van der Waals surface area contributed by atoms with Gasteiger partial charge in [0.15, 0.2) is 0 Å². The van der Waals surface area contributed by atoms with Crippen LogP contribution in [0.2, 0.25) is 0 Å². The third-order valence-corrected chi connectivity index (χ3v) is 1.50. The number of allylic oxidation sites excluding steroid dienone is 1. The highest BCUT2D eigenvalue weighted by Crippen LogP contribution is 1.95. The van der Waals surface area contributed by atoms with Gasteiger partial charge in [0.2, 0.25) is 0 Å². The highest BCUT2D eigenvalue weighted by Gasteiger charge is 1.85. The summed E-state index contributed by atoms with van der Waals surface area (Å²) >= 11 is 0. The summed E-state index contributed by atoms with van der Waals surface area (Å²) in [6.07, 6.45) is 5.87. The molecule has 0 aromatic heterocycles. The van der Waals surface area contributed by atoms with Gasteiger partial charge in [0, 0.05) is 6.61 Å². The van der Waals surface area contributed by atoms with Crippen LogP contribution in [0.25, 0.3) is 0 Å². The summed E-state index contributed by atoms with van der Waals surface area (Å²) in [7, 11) is 0. The molecule has 0 aliphatic heterocycles. The molecule has 11 heavy (non-hydrogen) atoms. The molecule has 0 bridgehead atoms. The highest BCUT2D eigenvalue weighted by molar-refractivity contribution is 4.92. The Morgan fingerprint density at radius 3 is 2.55 bits per heavy atom. The topological polar surface area (TPSA) is 9.23 Å². The fraction of sp³-hybridized carbons (Fsp3) is 0.800. The van der Waals surface area contributed by atoms with Gasteiger partial charge in [0.1, 0.15) is 0 Å². The maximum atomic E-state index is 5.37. The molecule has 0 unspecified atom stereocenters. The zero-order valence-corrected chi connectivity index (χ0v) is 8.02. The van der Waals surface area contributed by atoms with Gasteiger partial charge >= 0.3 is 0 Å². The van der Waals surface area contributed by atoms with Gasteiger partial charge in [-0.1, -0.05) is 31.4 Å². The summed E-state index contributed by atoms with van der Waals surface area (Å²) < 4.78 is 5.37. The molecule has 0 heterocycles. The van der Waals surface area contributed by atoms with Crippen molar-refractivity contribution in [2.45, 2.75) is 40.0 Å². The average molecular weight is 156 g/mol. The van der Waals surface area contributed by atoms with Gasteiger partial charge in [-0.05, 0) is 20.3 Å². The lowest BCUT2D eigenvalue weighted by Crippen LogP contribution is -1.94. The summed E-state index contributed by atoms with van der Waals surface area (Å²) in [6, 6.07) is 0. The molecule has 0 aromatic carbocycles. The fourth-order valence-electron chi connectivity index (χ4n) is 0.763. The summed E-state index contributed by atoms with van der Waals surface area (Å²) in [6.45, 7) is 8.09. The molecule has 0 rings (SSSR count). The first-order chi connectivity index (χ1) is 5.27. The van der Waals surface area contributed by atoms with Gasteiger partial charge in [0.25, 0.3) is 0 Å². The van der Waals surface area contributed by atoms with E-state index in [4.69, 9.17) is 4.74 Å². The molecule has 0 saturated heterocycles. The van der Waals surface area contributed by atoms with Crippen molar-refractivity contribution in [1.29, 1.82) is 0 Å². The Hall–Kier alpha value is -0.300. The standard InChI is InChI=1S/C10H20O/c1-4-5-6-8-11-9-7-10(2)3/h7H,4-6,8-9H2,1-3H3. The van der Waals surface area contributed by atoms with E-state index in [1.807, 2.05) is 0 Å². The van der Waals surface area contributed by atoms with E-state index in [0.29, 0.717) is 0 Å². The van der Waals surface area contributed by atoms with Crippen LogP contribution < -0.4 is 0 Å². The van der Waals surface area contributed by atoms with Crippen LogP contribution in [0.5, 0.6) is 0 Å². The largest absolute Gasteiger partial charge is 0.377 e. The molecule has 0 N–H and O–H groups in total. The second-order valence-corrected chi connectivity index (χ2v) is 3.06. The quantitative estimate of drug-likeness (QED) is 0.424. The summed E-state index contributed by atoms with van der Waals surface area (Å²) in [4.78, 5) is 0. The number of hydrogen-bond acceptors (Lipinski definition) is 1. The molecule has 0 fully saturated rings. The van der Waals surface area contributed by atoms with Crippen molar-refractivity contribution < 1.29 is 4.74 Å². The highest BCUT2D eigenvalue weighted by atomic mass is 16.5. The van der Waals surface area contributed by atoms with Crippen molar-refractivity contribution in [2.24, 2.45) is 0 Å². The van der Waals surface area contributed by atoms with E-state index < -0.39 is 0 Å². The SMILES string of the molecule is CCCCCOCC=C(C)C. The van der Waals surface area contributed by atoms with E-state index in [0.717, 1.165) is 13.2 Å². The predicted molar refractivity (Wildman–Crippen MR) is 49.8 cm³/mol. The second kappa shape index (κ2) is 7.80. The molecular formula is C10H20O. The molecule has 0 spiro atoms. The van der Waals surface area contributed by atoms with E-state index in [1.165, 1.54) is 24.8 Å². The molecule has 0 aliphatic carbocycles. The third-order valence-electron chi connectivity index (χ3n) is 1.50. The normalized spacial score (nSPS) is 9.73. The van der Waals surface area contributed by atoms with Crippen LogP contribution >= 0.6 is 0 Å². The van der Waals surface area contributed by atoms with Crippen LogP contribution in [0.15, 0.2) is 11.6 Å².